The molecule has 0 heterocycles. The van der Waals surface area contributed by atoms with Crippen LogP contribution < -0.4 is 4.74 Å². The zero-order valence-electron chi connectivity index (χ0n) is 16.5. The number of aromatic carboxylic acids is 1. The summed E-state index contributed by atoms with van der Waals surface area (Å²) in [6.07, 6.45) is 4.60. The number of unbranched alkanes of at least 4 members (excludes halogenated alkanes) is 1. The maximum Gasteiger partial charge on any atom is 0.335 e. The molecule has 2 aromatic rings. The standard InChI is InChI=1S/C23H30O4/c1-4-5-16-26-17(2)6-7-18(3)27-22-14-12-20(13-15-22)19-8-10-21(11-9-19)23(24)25/h8-15,17-18H,4-7,16H2,1-3H3,(H,24,25)/t17-,18+/m0/s1. The summed E-state index contributed by atoms with van der Waals surface area (Å²) in [5.74, 6) is -0.0719. The SMILES string of the molecule is CCCCO[C@@H](C)CC[C@@H](C)Oc1ccc(-c2ccc(C(=O)O)cc2)cc1. The molecule has 2 atom stereocenters. The third-order valence-electron chi connectivity index (χ3n) is 4.54. The van der Waals surface area contributed by atoms with Crippen LogP contribution in [0.4, 0.5) is 0 Å². The Morgan fingerprint density at radius 1 is 0.926 bits per heavy atom. The lowest BCUT2D eigenvalue weighted by molar-refractivity contribution is 0.0491. The summed E-state index contributed by atoms with van der Waals surface area (Å²) in [5, 5.41) is 8.97. The Labute approximate surface area is 162 Å². The molecule has 0 saturated heterocycles. The lowest BCUT2D eigenvalue weighted by atomic mass is 10.0. The first-order valence-electron chi connectivity index (χ1n) is 9.71. The summed E-state index contributed by atoms with van der Waals surface area (Å²) in [7, 11) is 0. The monoisotopic (exact) mass is 370 g/mol. The van der Waals surface area contributed by atoms with Crippen molar-refractivity contribution >= 4 is 5.97 Å². The van der Waals surface area contributed by atoms with E-state index in [1.54, 1.807) is 12.1 Å². The van der Waals surface area contributed by atoms with Gasteiger partial charge in [0.05, 0.1) is 17.8 Å². The highest BCUT2D eigenvalue weighted by atomic mass is 16.5. The smallest absolute Gasteiger partial charge is 0.335 e. The van der Waals surface area contributed by atoms with Gasteiger partial charge >= 0.3 is 5.97 Å². The summed E-state index contributed by atoms with van der Waals surface area (Å²) in [4.78, 5) is 10.9. The fourth-order valence-corrected chi connectivity index (χ4v) is 2.80. The van der Waals surface area contributed by atoms with Crippen molar-refractivity contribution in [3.8, 4) is 16.9 Å². The lowest BCUT2D eigenvalue weighted by Crippen LogP contribution is -2.16. The molecule has 4 nitrogen and oxygen atoms in total. The molecule has 2 rings (SSSR count). The Kier molecular flexibility index (Phi) is 8.34. The molecule has 0 aliphatic rings. The number of hydrogen-bond acceptors (Lipinski definition) is 3. The predicted molar refractivity (Wildman–Crippen MR) is 108 cm³/mol. The van der Waals surface area contributed by atoms with Gasteiger partial charge in [0.2, 0.25) is 0 Å². The Balaban J connectivity index is 1.83. The quantitative estimate of drug-likeness (QED) is 0.508. The van der Waals surface area contributed by atoms with Crippen LogP contribution in [0.3, 0.4) is 0 Å². The fraction of sp³-hybridized carbons (Fsp3) is 0.435. The Bertz CT molecular complexity index is 691. The lowest BCUT2D eigenvalue weighted by Gasteiger charge is -2.18. The van der Waals surface area contributed by atoms with E-state index in [9.17, 15) is 4.79 Å². The van der Waals surface area contributed by atoms with Gasteiger partial charge in [0.25, 0.3) is 0 Å². The van der Waals surface area contributed by atoms with Gasteiger partial charge in [-0.25, -0.2) is 4.79 Å². The number of benzene rings is 2. The van der Waals surface area contributed by atoms with Crippen LogP contribution in [0.2, 0.25) is 0 Å². The highest BCUT2D eigenvalue weighted by molar-refractivity contribution is 5.88. The maximum absolute atomic E-state index is 10.9. The Morgan fingerprint density at radius 3 is 2.04 bits per heavy atom. The van der Waals surface area contributed by atoms with E-state index in [0.717, 1.165) is 49.2 Å². The van der Waals surface area contributed by atoms with Gasteiger partial charge in [-0.2, -0.15) is 0 Å². The van der Waals surface area contributed by atoms with Gasteiger partial charge in [-0.05, 0) is 68.5 Å². The van der Waals surface area contributed by atoms with Crippen LogP contribution in [0.5, 0.6) is 5.75 Å². The van der Waals surface area contributed by atoms with Crippen molar-refractivity contribution in [2.75, 3.05) is 6.61 Å². The molecule has 4 heteroatoms. The molecule has 0 aromatic heterocycles. The molecule has 2 aromatic carbocycles. The van der Waals surface area contributed by atoms with E-state index in [-0.39, 0.29) is 12.2 Å². The van der Waals surface area contributed by atoms with E-state index in [2.05, 4.69) is 20.8 Å². The summed E-state index contributed by atoms with van der Waals surface area (Å²) in [5.41, 5.74) is 2.31. The molecule has 0 unspecified atom stereocenters. The van der Waals surface area contributed by atoms with E-state index < -0.39 is 5.97 Å². The normalized spacial score (nSPS) is 13.1. The number of carboxylic acids is 1. The predicted octanol–water partition coefficient (Wildman–Crippen LogP) is 5.80. The molecule has 0 aliphatic heterocycles. The van der Waals surface area contributed by atoms with Gasteiger partial charge in [0.15, 0.2) is 0 Å². The highest BCUT2D eigenvalue weighted by Crippen LogP contribution is 2.24. The minimum Gasteiger partial charge on any atom is -0.491 e. The number of carboxylic acid groups (broad SMARTS) is 1. The van der Waals surface area contributed by atoms with Crippen molar-refractivity contribution < 1.29 is 19.4 Å². The first-order valence-corrected chi connectivity index (χ1v) is 9.71. The largest absolute Gasteiger partial charge is 0.491 e. The van der Waals surface area contributed by atoms with Gasteiger partial charge in [-0.15, -0.1) is 0 Å². The number of rotatable bonds is 11. The third-order valence-corrected chi connectivity index (χ3v) is 4.54. The van der Waals surface area contributed by atoms with Gasteiger partial charge in [-0.3, -0.25) is 0 Å². The second kappa shape index (κ2) is 10.7. The second-order valence-corrected chi connectivity index (χ2v) is 6.95. The minimum absolute atomic E-state index is 0.128. The van der Waals surface area contributed by atoms with Crippen LogP contribution in [0.25, 0.3) is 11.1 Å². The van der Waals surface area contributed by atoms with Crippen LogP contribution in [0, 0.1) is 0 Å². The van der Waals surface area contributed by atoms with E-state index in [4.69, 9.17) is 14.6 Å². The van der Waals surface area contributed by atoms with Crippen molar-refractivity contribution in [3.63, 3.8) is 0 Å². The van der Waals surface area contributed by atoms with Gasteiger partial charge in [0.1, 0.15) is 5.75 Å². The average molecular weight is 370 g/mol. The van der Waals surface area contributed by atoms with E-state index in [0.29, 0.717) is 5.56 Å². The maximum atomic E-state index is 10.9. The molecule has 0 bridgehead atoms. The summed E-state index contributed by atoms with van der Waals surface area (Å²) in [6.45, 7) is 7.20. The summed E-state index contributed by atoms with van der Waals surface area (Å²) >= 11 is 0. The van der Waals surface area contributed by atoms with Crippen LogP contribution in [0.1, 0.15) is 56.8 Å². The molecule has 27 heavy (non-hydrogen) atoms. The van der Waals surface area contributed by atoms with Crippen molar-refractivity contribution in [2.45, 2.75) is 58.7 Å². The molecule has 0 spiro atoms. The van der Waals surface area contributed by atoms with Crippen LogP contribution >= 0.6 is 0 Å². The second-order valence-electron chi connectivity index (χ2n) is 6.95. The minimum atomic E-state index is -0.913. The van der Waals surface area contributed by atoms with Crippen molar-refractivity contribution in [1.82, 2.24) is 0 Å². The Hall–Kier alpha value is -2.33. The van der Waals surface area contributed by atoms with Crippen molar-refractivity contribution in [2.24, 2.45) is 0 Å². The van der Waals surface area contributed by atoms with Gasteiger partial charge < -0.3 is 14.6 Å². The Morgan fingerprint density at radius 2 is 1.48 bits per heavy atom. The molecular formula is C23H30O4. The highest BCUT2D eigenvalue weighted by Gasteiger charge is 2.09. The summed E-state index contributed by atoms with van der Waals surface area (Å²) < 4.78 is 11.8. The number of ether oxygens (including phenoxy) is 2. The first kappa shape index (κ1) is 21.0. The van der Waals surface area contributed by atoms with E-state index in [1.807, 2.05) is 36.4 Å². The molecule has 0 radical (unpaired) electrons. The molecule has 0 saturated carbocycles. The van der Waals surface area contributed by atoms with Crippen LogP contribution in [-0.4, -0.2) is 29.9 Å². The van der Waals surface area contributed by atoms with E-state index >= 15 is 0 Å². The molecular weight excluding hydrogens is 340 g/mol. The van der Waals surface area contributed by atoms with Gasteiger partial charge in [0, 0.05) is 6.61 Å². The zero-order valence-corrected chi connectivity index (χ0v) is 16.5. The number of hydrogen-bond donors (Lipinski definition) is 1. The molecule has 0 aliphatic carbocycles. The number of carbonyl (C=O) groups is 1. The molecule has 0 fully saturated rings. The summed E-state index contributed by atoms with van der Waals surface area (Å²) in [6, 6.07) is 14.8. The van der Waals surface area contributed by atoms with Crippen LogP contribution in [-0.2, 0) is 4.74 Å². The van der Waals surface area contributed by atoms with Crippen LogP contribution in [0.15, 0.2) is 48.5 Å². The fourth-order valence-electron chi connectivity index (χ4n) is 2.80. The zero-order chi connectivity index (χ0) is 19.6. The molecule has 146 valence electrons. The molecule has 0 amide bonds. The molecule has 1 N–H and O–H groups in total. The van der Waals surface area contributed by atoms with Gasteiger partial charge in [-0.1, -0.05) is 37.6 Å². The first-order chi connectivity index (χ1) is 13.0. The van der Waals surface area contributed by atoms with Crippen molar-refractivity contribution in [3.05, 3.63) is 54.1 Å². The third kappa shape index (κ3) is 7.06. The van der Waals surface area contributed by atoms with E-state index in [1.165, 1.54) is 0 Å². The average Bonchev–Trinajstić information content (AvgIpc) is 2.67. The topological polar surface area (TPSA) is 55.8 Å². The van der Waals surface area contributed by atoms with Crippen molar-refractivity contribution in [1.29, 1.82) is 0 Å².